The number of aliphatic carboxylic acids is 1. The van der Waals surface area contributed by atoms with Crippen LogP contribution in [-0.4, -0.2) is 16.6 Å². The Morgan fingerprint density at radius 2 is 1.90 bits per heavy atom. The second-order valence-corrected chi connectivity index (χ2v) is 5.80. The normalized spacial score (nSPS) is 13.5. The zero-order valence-corrected chi connectivity index (χ0v) is 12.8. The van der Waals surface area contributed by atoms with Gasteiger partial charge >= 0.3 is 5.97 Å². The van der Waals surface area contributed by atoms with Gasteiger partial charge in [-0.2, -0.15) is 0 Å². The van der Waals surface area contributed by atoms with Crippen molar-refractivity contribution in [1.82, 2.24) is 0 Å². The van der Waals surface area contributed by atoms with Crippen molar-refractivity contribution in [2.75, 3.05) is 5.32 Å². The van der Waals surface area contributed by atoms with Gasteiger partial charge in [0, 0.05) is 17.1 Å². The molecule has 2 N–H and O–H groups in total. The molecule has 110 valence electrons. The van der Waals surface area contributed by atoms with Crippen LogP contribution >= 0.6 is 11.6 Å². The molecule has 0 spiro atoms. The lowest BCUT2D eigenvalue weighted by Gasteiger charge is -2.28. The topological polar surface area (TPSA) is 49.3 Å². The van der Waals surface area contributed by atoms with Crippen LogP contribution in [-0.2, 0) is 11.2 Å². The van der Waals surface area contributed by atoms with Crippen molar-refractivity contribution in [3.63, 3.8) is 0 Å². The molecule has 0 aromatic heterocycles. The summed E-state index contributed by atoms with van der Waals surface area (Å²) in [5.41, 5.74) is 1.53. The van der Waals surface area contributed by atoms with Gasteiger partial charge in [0.25, 0.3) is 0 Å². The van der Waals surface area contributed by atoms with Gasteiger partial charge in [-0.1, -0.05) is 48.0 Å². The monoisotopic (exact) mass is 303 g/mol. The Kier molecular flexibility index (Phi) is 4.53. The molecule has 0 saturated carbocycles. The molecule has 0 aliphatic rings. The number of carboxylic acid groups (broad SMARTS) is 1. The Morgan fingerprint density at radius 1 is 1.24 bits per heavy atom. The molecule has 2 aromatic rings. The van der Waals surface area contributed by atoms with Crippen molar-refractivity contribution < 1.29 is 9.90 Å². The molecule has 0 aliphatic heterocycles. The zero-order chi connectivity index (χ0) is 15.5. The number of anilines is 1. The van der Waals surface area contributed by atoms with Crippen molar-refractivity contribution in [2.45, 2.75) is 25.8 Å². The van der Waals surface area contributed by atoms with Crippen molar-refractivity contribution in [1.29, 1.82) is 0 Å². The summed E-state index contributed by atoms with van der Waals surface area (Å²) in [5, 5.41) is 13.3. The first-order valence-electron chi connectivity index (χ1n) is 6.72. The van der Waals surface area contributed by atoms with E-state index in [0.29, 0.717) is 17.1 Å². The maximum Gasteiger partial charge on any atom is 0.329 e. The maximum absolute atomic E-state index is 11.7. The average Bonchev–Trinajstić information content (AvgIpc) is 2.44. The SMILES string of the molecule is Cc1ccc(NC(C)(Cc2ccccc2)C(=O)O)cc1Cl. The molecule has 1 unspecified atom stereocenters. The first-order valence-corrected chi connectivity index (χ1v) is 7.10. The molecule has 4 heteroatoms. The van der Waals surface area contributed by atoms with Gasteiger partial charge in [0.15, 0.2) is 0 Å². The summed E-state index contributed by atoms with van der Waals surface area (Å²) in [6, 6.07) is 15.0. The van der Waals surface area contributed by atoms with Gasteiger partial charge in [0.1, 0.15) is 5.54 Å². The highest BCUT2D eigenvalue weighted by molar-refractivity contribution is 6.31. The summed E-state index contributed by atoms with van der Waals surface area (Å²) in [7, 11) is 0. The van der Waals surface area contributed by atoms with Crippen LogP contribution in [0.4, 0.5) is 5.69 Å². The zero-order valence-electron chi connectivity index (χ0n) is 12.1. The fraction of sp³-hybridized carbons (Fsp3) is 0.235. The molecule has 0 heterocycles. The minimum atomic E-state index is -1.10. The van der Waals surface area contributed by atoms with E-state index in [1.165, 1.54) is 0 Å². The maximum atomic E-state index is 11.7. The number of hydrogen-bond acceptors (Lipinski definition) is 2. The minimum Gasteiger partial charge on any atom is -0.480 e. The van der Waals surface area contributed by atoms with Gasteiger partial charge in [-0.3, -0.25) is 0 Å². The molecule has 3 nitrogen and oxygen atoms in total. The second-order valence-electron chi connectivity index (χ2n) is 5.39. The van der Waals surface area contributed by atoms with Crippen LogP contribution in [0.1, 0.15) is 18.1 Å². The molecular formula is C17H18ClNO2. The quantitative estimate of drug-likeness (QED) is 0.872. The van der Waals surface area contributed by atoms with Gasteiger partial charge in [-0.05, 0) is 37.1 Å². The largest absolute Gasteiger partial charge is 0.480 e. The summed E-state index contributed by atoms with van der Waals surface area (Å²) < 4.78 is 0. The van der Waals surface area contributed by atoms with Crippen LogP contribution < -0.4 is 5.32 Å². The number of benzene rings is 2. The van der Waals surface area contributed by atoms with Crippen LogP contribution in [0.2, 0.25) is 5.02 Å². The molecule has 21 heavy (non-hydrogen) atoms. The Balaban J connectivity index is 2.25. The summed E-state index contributed by atoms with van der Waals surface area (Å²) in [5.74, 6) is -0.900. The Hall–Kier alpha value is -2.00. The number of aryl methyl sites for hydroxylation is 1. The number of hydrogen-bond donors (Lipinski definition) is 2. The predicted octanol–water partition coefficient (Wildman–Crippen LogP) is 4.15. The van der Waals surface area contributed by atoms with E-state index in [0.717, 1.165) is 11.1 Å². The van der Waals surface area contributed by atoms with Crippen LogP contribution in [0.15, 0.2) is 48.5 Å². The summed E-state index contributed by atoms with van der Waals surface area (Å²) in [4.78, 5) is 11.7. The van der Waals surface area contributed by atoms with E-state index in [-0.39, 0.29) is 0 Å². The molecule has 1 atom stereocenters. The van der Waals surface area contributed by atoms with Crippen molar-refractivity contribution in [2.24, 2.45) is 0 Å². The Bertz CT molecular complexity index is 642. The smallest absolute Gasteiger partial charge is 0.329 e. The van der Waals surface area contributed by atoms with Gasteiger partial charge in [-0.15, -0.1) is 0 Å². The third-order valence-electron chi connectivity index (χ3n) is 3.46. The standard InChI is InChI=1S/C17H18ClNO2/c1-12-8-9-14(10-15(12)18)19-17(2,16(20)21)11-13-6-4-3-5-7-13/h3-10,19H,11H2,1-2H3,(H,20,21). The number of halogens is 1. The van der Waals surface area contributed by atoms with Crippen LogP contribution in [0.25, 0.3) is 0 Å². The summed E-state index contributed by atoms with van der Waals surface area (Å²) in [6.07, 6.45) is 0.384. The number of carbonyl (C=O) groups is 1. The highest BCUT2D eigenvalue weighted by Gasteiger charge is 2.33. The van der Waals surface area contributed by atoms with Crippen LogP contribution in [0, 0.1) is 6.92 Å². The van der Waals surface area contributed by atoms with E-state index < -0.39 is 11.5 Å². The summed E-state index contributed by atoms with van der Waals surface area (Å²) >= 11 is 6.10. The molecule has 0 bridgehead atoms. The number of carboxylic acids is 1. The van der Waals surface area contributed by atoms with Gasteiger partial charge in [-0.25, -0.2) is 4.79 Å². The molecule has 2 aromatic carbocycles. The van der Waals surface area contributed by atoms with E-state index in [2.05, 4.69) is 5.32 Å². The highest BCUT2D eigenvalue weighted by atomic mass is 35.5. The number of nitrogens with one attached hydrogen (secondary N) is 1. The fourth-order valence-electron chi connectivity index (χ4n) is 2.17. The van der Waals surface area contributed by atoms with Crippen molar-refractivity contribution in [3.8, 4) is 0 Å². The van der Waals surface area contributed by atoms with Gasteiger partial charge < -0.3 is 10.4 Å². The van der Waals surface area contributed by atoms with Crippen molar-refractivity contribution in [3.05, 3.63) is 64.7 Å². The lowest BCUT2D eigenvalue weighted by Crippen LogP contribution is -2.45. The molecule has 0 amide bonds. The predicted molar refractivity (Wildman–Crippen MR) is 86.0 cm³/mol. The summed E-state index contributed by atoms with van der Waals surface area (Å²) in [6.45, 7) is 3.59. The molecule has 2 rings (SSSR count). The molecule has 0 aliphatic carbocycles. The van der Waals surface area contributed by atoms with E-state index in [1.54, 1.807) is 13.0 Å². The first-order chi connectivity index (χ1) is 9.90. The van der Waals surface area contributed by atoms with Gasteiger partial charge in [0.2, 0.25) is 0 Å². The third-order valence-corrected chi connectivity index (χ3v) is 3.87. The molecular weight excluding hydrogens is 286 g/mol. The third kappa shape index (κ3) is 3.76. The Labute approximate surface area is 129 Å². The highest BCUT2D eigenvalue weighted by Crippen LogP contribution is 2.25. The van der Waals surface area contributed by atoms with Crippen LogP contribution in [0.5, 0.6) is 0 Å². The van der Waals surface area contributed by atoms with E-state index in [1.807, 2.05) is 49.4 Å². The fourth-order valence-corrected chi connectivity index (χ4v) is 2.35. The van der Waals surface area contributed by atoms with E-state index in [9.17, 15) is 9.90 Å². The second kappa shape index (κ2) is 6.19. The lowest BCUT2D eigenvalue weighted by atomic mass is 9.92. The minimum absolute atomic E-state index is 0.384. The van der Waals surface area contributed by atoms with Crippen LogP contribution in [0.3, 0.4) is 0 Å². The van der Waals surface area contributed by atoms with E-state index >= 15 is 0 Å². The molecule has 0 radical (unpaired) electrons. The van der Waals surface area contributed by atoms with Gasteiger partial charge in [0.05, 0.1) is 0 Å². The number of rotatable bonds is 5. The first kappa shape index (κ1) is 15.4. The molecule has 0 saturated heterocycles. The van der Waals surface area contributed by atoms with E-state index in [4.69, 9.17) is 11.6 Å². The Morgan fingerprint density at radius 3 is 2.48 bits per heavy atom. The molecule has 0 fully saturated rings. The average molecular weight is 304 g/mol. The van der Waals surface area contributed by atoms with Crippen molar-refractivity contribution >= 4 is 23.3 Å². The lowest BCUT2D eigenvalue weighted by molar-refractivity contribution is -0.141.